The Morgan fingerprint density at radius 3 is 2.29 bits per heavy atom. The van der Waals surface area contributed by atoms with E-state index in [1.165, 1.54) is 64.0 Å². The molecule has 3 nitrogen and oxygen atoms in total. The van der Waals surface area contributed by atoms with E-state index in [1.807, 2.05) is 0 Å². The van der Waals surface area contributed by atoms with E-state index in [0.29, 0.717) is 0 Å². The minimum Gasteiger partial charge on any atom is -0.323 e. The molecule has 2 aliphatic heterocycles. The first-order valence-corrected chi connectivity index (χ1v) is 8.56. The van der Waals surface area contributed by atoms with Crippen LogP contribution in [0.15, 0.2) is 30.3 Å². The third-order valence-corrected chi connectivity index (χ3v) is 5.10. The van der Waals surface area contributed by atoms with Gasteiger partial charge < -0.3 is 15.5 Å². The van der Waals surface area contributed by atoms with Gasteiger partial charge in [0, 0.05) is 19.1 Å². The van der Waals surface area contributed by atoms with Crippen LogP contribution >= 0.6 is 0 Å². The van der Waals surface area contributed by atoms with Crippen LogP contribution in [-0.4, -0.2) is 49.1 Å². The largest absolute Gasteiger partial charge is 0.323 e. The highest BCUT2D eigenvalue weighted by Crippen LogP contribution is 2.22. The fraction of sp³-hybridized carbons (Fsp3) is 0.667. The molecule has 1 atom stereocenters. The molecule has 0 aromatic heterocycles. The Morgan fingerprint density at radius 1 is 0.952 bits per heavy atom. The van der Waals surface area contributed by atoms with E-state index in [-0.39, 0.29) is 6.04 Å². The molecule has 2 N–H and O–H groups in total. The lowest BCUT2D eigenvalue weighted by Crippen LogP contribution is -2.41. The standard InChI is InChI=1S/C18H29N3/c19-18(17-6-2-1-3-7-17)15-21-12-8-16(9-13-21)14-20-10-4-5-11-20/h1-3,6-7,16,18H,4-5,8-15,19H2. The number of likely N-dealkylation sites (tertiary alicyclic amines) is 2. The number of benzene rings is 1. The lowest BCUT2D eigenvalue weighted by molar-refractivity contribution is 0.148. The molecule has 0 bridgehead atoms. The maximum Gasteiger partial charge on any atom is 0.0424 e. The summed E-state index contributed by atoms with van der Waals surface area (Å²) in [6.45, 7) is 7.44. The molecule has 3 rings (SSSR count). The highest BCUT2D eigenvalue weighted by Gasteiger charge is 2.23. The molecule has 2 saturated heterocycles. The van der Waals surface area contributed by atoms with Crippen molar-refractivity contribution < 1.29 is 0 Å². The molecule has 2 heterocycles. The second-order valence-corrected chi connectivity index (χ2v) is 6.77. The third-order valence-electron chi connectivity index (χ3n) is 5.10. The molecule has 1 aromatic rings. The van der Waals surface area contributed by atoms with Crippen LogP contribution in [0.25, 0.3) is 0 Å². The van der Waals surface area contributed by atoms with Crippen molar-refractivity contribution in [3.8, 4) is 0 Å². The number of hydrogen-bond acceptors (Lipinski definition) is 3. The van der Waals surface area contributed by atoms with Crippen molar-refractivity contribution in [3.05, 3.63) is 35.9 Å². The van der Waals surface area contributed by atoms with E-state index in [4.69, 9.17) is 5.73 Å². The van der Waals surface area contributed by atoms with Crippen LogP contribution in [0.4, 0.5) is 0 Å². The minimum atomic E-state index is 0.154. The van der Waals surface area contributed by atoms with Gasteiger partial charge in [0.25, 0.3) is 0 Å². The summed E-state index contributed by atoms with van der Waals surface area (Å²) in [6, 6.07) is 10.7. The Kier molecular flexibility index (Phi) is 5.28. The fourth-order valence-electron chi connectivity index (χ4n) is 3.77. The summed E-state index contributed by atoms with van der Waals surface area (Å²) in [5.74, 6) is 0.910. The highest BCUT2D eigenvalue weighted by molar-refractivity contribution is 5.18. The SMILES string of the molecule is NC(CN1CCC(CN2CCCC2)CC1)c1ccccc1. The van der Waals surface area contributed by atoms with Gasteiger partial charge in [-0.3, -0.25) is 0 Å². The van der Waals surface area contributed by atoms with E-state index in [2.05, 4.69) is 40.1 Å². The number of piperidine rings is 1. The van der Waals surface area contributed by atoms with Crippen LogP contribution in [0.2, 0.25) is 0 Å². The highest BCUT2D eigenvalue weighted by atomic mass is 15.2. The number of nitrogens with two attached hydrogens (primary N) is 1. The van der Waals surface area contributed by atoms with Gasteiger partial charge in [-0.1, -0.05) is 30.3 Å². The first-order valence-electron chi connectivity index (χ1n) is 8.56. The van der Waals surface area contributed by atoms with E-state index in [1.54, 1.807) is 0 Å². The molecule has 1 aromatic carbocycles. The molecule has 21 heavy (non-hydrogen) atoms. The van der Waals surface area contributed by atoms with Crippen LogP contribution in [-0.2, 0) is 0 Å². The summed E-state index contributed by atoms with van der Waals surface area (Å²) in [4.78, 5) is 5.22. The zero-order valence-electron chi connectivity index (χ0n) is 13.1. The zero-order chi connectivity index (χ0) is 14.5. The van der Waals surface area contributed by atoms with Gasteiger partial charge in [-0.2, -0.15) is 0 Å². The molecule has 0 saturated carbocycles. The van der Waals surface area contributed by atoms with Crippen molar-refractivity contribution in [1.29, 1.82) is 0 Å². The summed E-state index contributed by atoms with van der Waals surface area (Å²) in [5, 5.41) is 0. The molecule has 0 aliphatic carbocycles. The Hall–Kier alpha value is -0.900. The Bertz CT molecular complexity index is 406. The molecule has 0 spiro atoms. The summed E-state index contributed by atoms with van der Waals surface area (Å²) in [7, 11) is 0. The summed E-state index contributed by atoms with van der Waals surface area (Å²) >= 11 is 0. The second-order valence-electron chi connectivity index (χ2n) is 6.77. The van der Waals surface area contributed by atoms with Crippen LogP contribution in [0.5, 0.6) is 0 Å². The Balaban J connectivity index is 1.41. The van der Waals surface area contributed by atoms with E-state index >= 15 is 0 Å². The normalized spacial score (nSPS) is 23.5. The third kappa shape index (κ3) is 4.29. The first kappa shape index (κ1) is 15.0. The predicted octanol–water partition coefficient (Wildman–Crippen LogP) is 2.49. The quantitative estimate of drug-likeness (QED) is 0.903. The van der Waals surface area contributed by atoms with Crippen molar-refractivity contribution in [3.63, 3.8) is 0 Å². The van der Waals surface area contributed by atoms with Crippen LogP contribution < -0.4 is 5.73 Å². The predicted molar refractivity (Wildman–Crippen MR) is 88.2 cm³/mol. The number of rotatable bonds is 5. The zero-order valence-corrected chi connectivity index (χ0v) is 13.1. The summed E-state index contributed by atoms with van der Waals surface area (Å²) < 4.78 is 0. The van der Waals surface area contributed by atoms with Crippen molar-refractivity contribution in [1.82, 2.24) is 9.80 Å². The van der Waals surface area contributed by atoms with Crippen molar-refractivity contribution in [2.45, 2.75) is 31.7 Å². The molecule has 2 fully saturated rings. The minimum absolute atomic E-state index is 0.154. The van der Waals surface area contributed by atoms with E-state index in [9.17, 15) is 0 Å². The monoisotopic (exact) mass is 287 g/mol. The topological polar surface area (TPSA) is 32.5 Å². The van der Waals surface area contributed by atoms with Gasteiger partial charge >= 0.3 is 0 Å². The maximum absolute atomic E-state index is 6.34. The van der Waals surface area contributed by atoms with Gasteiger partial charge in [-0.15, -0.1) is 0 Å². The lowest BCUT2D eigenvalue weighted by Gasteiger charge is -2.35. The van der Waals surface area contributed by atoms with Gasteiger partial charge in [-0.25, -0.2) is 0 Å². The smallest absolute Gasteiger partial charge is 0.0424 e. The Labute approximate surface area is 129 Å². The molecular formula is C18H29N3. The van der Waals surface area contributed by atoms with Crippen molar-refractivity contribution in [2.75, 3.05) is 39.3 Å². The first-order chi connectivity index (χ1) is 10.3. The van der Waals surface area contributed by atoms with Gasteiger partial charge in [0.2, 0.25) is 0 Å². The van der Waals surface area contributed by atoms with Gasteiger partial charge in [0.05, 0.1) is 0 Å². The molecular weight excluding hydrogens is 258 g/mol. The lowest BCUT2D eigenvalue weighted by atomic mass is 9.95. The van der Waals surface area contributed by atoms with Crippen molar-refractivity contribution in [2.24, 2.45) is 11.7 Å². The van der Waals surface area contributed by atoms with Gasteiger partial charge in [0.1, 0.15) is 0 Å². The summed E-state index contributed by atoms with van der Waals surface area (Å²) in [6.07, 6.45) is 5.51. The van der Waals surface area contributed by atoms with E-state index < -0.39 is 0 Å². The van der Waals surface area contributed by atoms with Crippen LogP contribution in [0, 0.1) is 5.92 Å². The number of nitrogens with zero attached hydrogens (tertiary/aromatic N) is 2. The summed E-state index contributed by atoms with van der Waals surface area (Å²) in [5.41, 5.74) is 7.60. The molecule has 1 unspecified atom stereocenters. The average molecular weight is 287 g/mol. The van der Waals surface area contributed by atoms with Gasteiger partial charge in [-0.05, 0) is 63.3 Å². The Morgan fingerprint density at radius 2 is 1.62 bits per heavy atom. The number of hydrogen-bond donors (Lipinski definition) is 1. The van der Waals surface area contributed by atoms with Crippen molar-refractivity contribution >= 4 is 0 Å². The van der Waals surface area contributed by atoms with Crippen LogP contribution in [0.1, 0.15) is 37.3 Å². The molecule has 0 amide bonds. The molecule has 2 aliphatic rings. The second kappa shape index (κ2) is 7.39. The maximum atomic E-state index is 6.34. The van der Waals surface area contributed by atoms with Gasteiger partial charge in [0.15, 0.2) is 0 Å². The molecule has 116 valence electrons. The molecule has 0 radical (unpaired) electrons. The molecule has 3 heteroatoms. The van der Waals surface area contributed by atoms with Crippen LogP contribution in [0.3, 0.4) is 0 Å². The fourth-order valence-corrected chi connectivity index (χ4v) is 3.77. The van der Waals surface area contributed by atoms with E-state index in [0.717, 1.165) is 12.5 Å². The average Bonchev–Trinajstić information content (AvgIpc) is 3.03.